The maximum absolute atomic E-state index is 13.4. The molecule has 1 aromatic carbocycles. The van der Waals surface area contributed by atoms with Crippen molar-refractivity contribution in [1.82, 2.24) is 4.90 Å². The van der Waals surface area contributed by atoms with Crippen LogP contribution in [-0.4, -0.2) is 62.6 Å². The summed E-state index contributed by atoms with van der Waals surface area (Å²) in [4.78, 5) is 28.9. The van der Waals surface area contributed by atoms with E-state index in [1.165, 1.54) is 9.80 Å². The second-order valence-electron chi connectivity index (χ2n) is 8.51. The minimum atomic E-state index is -0.836. The Balaban J connectivity index is 1.61. The van der Waals surface area contributed by atoms with Crippen LogP contribution in [0.15, 0.2) is 59.0 Å². The lowest BCUT2D eigenvalue weighted by atomic mass is 9.99. The number of amides is 1. The third-order valence-electron chi connectivity index (χ3n) is 6.17. The molecule has 180 valence electrons. The van der Waals surface area contributed by atoms with Gasteiger partial charge in [0, 0.05) is 18.5 Å². The number of rotatable bonds is 9. The Bertz CT molecular complexity index is 1070. The summed E-state index contributed by atoms with van der Waals surface area (Å²) in [7, 11) is 0. The number of hydrogen-bond donors (Lipinski definition) is 1. The molecule has 1 N–H and O–H groups in total. The van der Waals surface area contributed by atoms with Crippen LogP contribution < -0.4 is 14.7 Å². The van der Waals surface area contributed by atoms with E-state index in [4.69, 9.17) is 13.9 Å². The zero-order valence-corrected chi connectivity index (χ0v) is 19.4. The molecule has 2 aliphatic heterocycles. The number of furan rings is 1. The van der Waals surface area contributed by atoms with Gasteiger partial charge in [-0.25, -0.2) is 0 Å². The van der Waals surface area contributed by atoms with Crippen LogP contribution in [0.2, 0.25) is 0 Å². The van der Waals surface area contributed by atoms with Crippen LogP contribution in [0.1, 0.15) is 29.5 Å². The van der Waals surface area contributed by atoms with Crippen molar-refractivity contribution in [3.63, 3.8) is 0 Å². The number of carbonyl (C=O) groups is 2. The van der Waals surface area contributed by atoms with Crippen LogP contribution in [0.4, 0.5) is 0 Å². The van der Waals surface area contributed by atoms with E-state index < -0.39 is 23.5 Å². The predicted octanol–water partition coefficient (Wildman–Crippen LogP) is 0.682. The van der Waals surface area contributed by atoms with E-state index in [9.17, 15) is 14.7 Å². The van der Waals surface area contributed by atoms with E-state index in [1.807, 2.05) is 0 Å². The van der Waals surface area contributed by atoms with Gasteiger partial charge in [0.15, 0.2) is 0 Å². The Labute approximate surface area is 199 Å². The number of morpholine rings is 1. The van der Waals surface area contributed by atoms with Crippen molar-refractivity contribution in [1.29, 1.82) is 0 Å². The molecule has 1 amide bonds. The summed E-state index contributed by atoms with van der Waals surface area (Å²) in [5.74, 6) is -0.255. The first-order valence-corrected chi connectivity index (χ1v) is 11.6. The zero-order chi connectivity index (χ0) is 24.1. The van der Waals surface area contributed by atoms with Gasteiger partial charge < -0.3 is 28.8 Å². The van der Waals surface area contributed by atoms with Gasteiger partial charge in [0.05, 0.1) is 19.8 Å². The molecule has 2 fully saturated rings. The maximum atomic E-state index is 13.4. The van der Waals surface area contributed by atoms with Crippen LogP contribution in [0.25, 0.3) is 5.76 Å². The van der Waals surface area contributed by atoms with E-state index in [1.54, 1.807) is 49.4 Å². The molecular formula is C26H30N2O6. The summed E-state index contributed by atoms with van der Waals surface area (Å²) >= 11 is 0. The lowest BCUT2D eigenvalue weighted by Crippen LogP contribution is -3.14. The third-order valence-corrected chi connectivity index (χ3v) is 6.17. The number of hydrogen-bond acceptors (Lipinski definition) is 6. The SMILES string of the molecule is C=CCOc1ccc(C([O-])=C2C(=O)C(=O)N(CCC[NH+]3CCOCC3)C2c2ccc(C)o2)cc1. The fourth-order valence-electron chi connectivity index (χ4n) is 4.42. The standard InChI is InChI=1S/C26H30N2O6/c1-3-15-33-20-8-6-19(7-9-20)24(29)22-23(21-10-5-18(2)34-21)28(26(31)25(22)30)12-4-11-27-13-16-32-17-14-27/h3,5-10,23,29H,1,4,11-17H2,2H3. The van der Waals surface area contributed by atoms with Crippen molar-refractivity contribution in [2.24, 2.45) is 0 Å². The van der Waals surface area contributed by atoms with Crippen molar-refractivity contribution in [2.75, 3.05) is 46.0 Å². The summed E-state index contributed by atoms with van der Waals surface area (Å²) in [5.41, 5.74) is 0.243. The molecule has 0 spiro atoms. The number of ether oxygens (including phenoxy) is 2. The van der Waals surface area contributed by atoms with Crippen molar-refractivity contribution in [3.8, 4) is 5.75 Å². The average molecular weight is 467 g/mol. The van der Waals surface area contributed by atoms with Crippen molar-refractivity contribution < 1.29 is 33.5 Å². The molecule has 1 aromatic heterocycles. The lowest BCUT2D eigenvalue weighted by molar-refractivity contribution is -0.908. The fourth-order valence-corrected chi connectivity index (χ4v) is 4.42. The number of nitrogens with zero attached hydrogens (tertiary/aromatic N) is 1. The Hall–Kier alpha value is -3.36. The molecule has 1 atom stereocenters. The summed E-state index contributed by atoms with van der Waals surface area (Å²) in [6.45, 7) is 10.3. The average Bonchev–Trinajstić information content (AvgIpc) is 3.39. The third kappa shape index (κ3) is 5.08. The number of carbonyl (C=O) groups excluding carboxylic acids is 2. The number of Topliss-reactive ketones (excluding diaryl/α,β-unsaturated/α-hetero) is 1. The number of likely N-dealkylation sites (tertiary alicyclic amines) is 1. The van der Waals surface area contributed by atoms with Crippen LogP contribution >= 0.6 is 0 Å². The molecular weight excluding hydrogens is 436 g/mol. The molecule has 0 radical (unpaired) electrons. The minimum absolute atomic E-state index is 0.0715. The molecule has 0 bridgehead atoms. The second-order valence-corrected chi connectivity index (χ2v) is 8.51. The second kappa shape index (κ2) is 10.7. The van der Waals surface area contributed by atoms with Gasteiger partial charge in [0.25, 0.3) is 5.91 Å². The minimum Gasteiger partial charge on any atom is -0.872 e. The molecule has 8 heteroatoms. The molecule has 8 nitrogen and oxygen atoms in total. The molecule has 2 aliphatic rings. The van der Waals surface area contributed by atoms with Crippen molar-refractivity contribution >= 4 is 17.4 Å². The van der Waals surface area contributed by atoms with Crippen LogP contribution in [0, 0.1) is 6.92 Å². The predicted molar refractivity (Wildman–Crippen MR) is 123 cm³/mol. The van der Waals surface area contributed by atoms with E-state index >= 15 is 0 Å². The highest BCUT2D eigenvalue weighted by atomic mass is 16.5. The Morgan fingerprint density at radius 3 is 2.59 bits per heavy atom. The number of ketones is 1. The molecule has 0 saturated carbocycles. The van der Waals surface area contributed by atoms with Gasteiger partial charge in [-0.15, -0.1) is 0 Å². The highest BCUT2D eigenvalue weighted by Crippen LogP contribution is 2.39. The number of nitrogens with one attached hydrogen (secondary N) is 1. The monoisotopic (exact) mass is 466 g/mol. The van der Waals surface area contributed by atoms with Crippen LogP contribution in [0.5, 0.6) is 5.75 Å². The summed E-state index contributed by atoms with van der Waals surface area (Å²) in [6.07, 6.45) is 2.34. The van der Waals surface area contributed by atoms with Gasteiger partial charge in [-0.1, -0.05) is 30.5 Å². The van der Waals surface area contributed by atoms with E-state index in [0.29, 0.717) is 42.4 Å². The first-order valence-electron chi connectivity index (χ1n) is 11.6. The summed E-state index contributed by atoms with van der Waals surface area (Å²) < 4.78 is 16.7. The normalized spacial score (nSPS) is 20.6. The molecule has 2 saturated heterocycles. The van der Waals surface area contributed by atoms with Crippen LogP contribution in [-0.2, 0) is 14.3 Å². The summed E-state index contributed by atoms with van der Waals surface area (Å²) in [5, 5.41) is 13.4. The Morgan fingerprint density at radius 2 is 1.94 bits per heavy atom. The van der Waals surface area contributed by atoms with Crippen molar-refractivity contribution in [3.05, 3.63) is 71.7 Å². The first-order chi connectivity index (χ1) is 16.5. The van der Waals surface area contributed by atoms with E-state index in [2.05, 4.69) is 6.58 Å². The van der Waals surface area contributed by atoms with Gasteiger partial charge in [-0.3, -0.25) is 9.59 Å². The van der Waals surface area contributed by atoms with Gasteiger partial charge in [0.2, 0.25) is 5.78 Å². The fraction of sp³-hybridized carbons (Fsp3) is 0.385. The number of aryl methyl sites for hydroxylation is 1. The quantitative estimate of drug-likeness (QED) is 0.253. The molecule has 2 aromatic rings. The Kier molecular flexibility index (Phi) is 7.49. The zero-order valence-electron chi connectivity index (χ0n) is 19.4. The number of benzene rings is 1. The first kappa shape index (κ1) is 23.8. The van der Waals surface area contributed by atoms with E-state index in [0.717, 1.165) is 32.8 Å². The smallest absolute Gasteiger partial charge is 0.295 e. The summed E-state index contributed by atoms with van der Waals surface area (Å²) in [6, 6.07) is 9.18. The van der Waals surface area contributed by atoms with Gasteiger partial charge in [-0.2, -0.15) is 0 Å². The largest absolute Gasteiger partial charge is 0.872 e. The van der Waals surface area contributed by atoms with Gasteiger partial charge in [-0.05, 0) is 36.8 Å². The van der Waals surface area contributed by atoms with Crippen LogP contribution in [0.3, 0.4) is 0 Å². The molecule has 4 rings (SSSR count). The highest BCUT2D eigenvalue weighted by Gasteiger charge is 2.45. The molecule has 3 heterocycles. The molecule has 1 unspecified atom stereocenters. The Morgan fingerprint density at radius 1 is 1.21 bits per heavy atom. The molecule has 34 heavy (non-hydrogen) atoms. The van der Waals surface area contributed by atoms with Gasteiger partial charge >= 0.3 is 0 Å². The van der Waals surface area contributed by atoms with Gasteiger partial charge in [0.1, 0.15) is 43.0 Å². The number of quaternary nitrogens is 1. The lowest BCUT2D eigenvalue weighted by Gasteiger charge is -2.27. The maximum Gasteiger partial charge on any atom is 0.295 e. The van der Waals surface area contributed by atoms with E-state index in [-0.39, 0.29) is 5.57 Å². The molecule has 0 aliphatic carbocycles. The van der Waals surface area contributed by atoms with Crippen molar-refractivity contribution in [2.45, 2.75) is 19.4 Å². The highest BCUT2D eigenvalue weighted by molar-refractivity contribution is 6.46. The topological polar surface area (TPSA) is 96.5 Å².